The quantitative estimate of drug-likeness (QED) is 0.298. The van der Waals surface area contributed by atoms with Crippen LogP contribution in [0.3, 0.4) is 0 Å². The summed E-state index contributed by atoms with van der Waals surface area (Å²) in [7, 11) is 0. The predicted molar refractivity (Wildman–Crippen MR) is 114 cm³/mol. The molecule has 0 aliphatic carbocycles. The molecule has 0 spiro atoms. The van der Waals surface area contributed by atoms with Crippen LogP contribution in [0.5, 0.6) is 5.75 Å². The summed E-state index contributed by atoms with van der Waals surface area (Å²) in [6, 6.07) is 5.41. The van der Waals surface area contributed by atoms with Gasteiger partial charge in [-0.05, 0) is 36.6 Å². The Balaban J connectivity index is 1.58. The van der Waals surface area contributed by atoms with Gasteiger partial charge in [0.1, 0.15) is 11.6 Å². The fraction of sp³-hybridized carbons (Fsp3) is 0.550. The molecule has 3 N–H and O–H groups in total. The lowest BCUT2D eigenvalue weighted by Gasteiger charge is -2.29. The average molecular weight is 458 g/mol. The first-order valence-corrected chi connectivity index (χ1v) is 10.6. The number of amides is 3. The minimum atomic E-state index is -1.09. The Morgan fingerprint density at radius 2 is 1.77 bits per heavy atom. The topological polar surface area (TPSA) is 126 Å². The first kappa shape index (κ1) is 24.7. The number of anilines is 1. The van der Waals surface area contributed by atoms with Crippen LogP contribution in [-0.2, 0) is 25.5 Å². The van der Waals surface area contributed by atoms with Crippen molar-refractivity contribution in [3.8, 4) is 5.75 Å². The number of fused-ring (bicyclic) bond motifs is 1. The predicted octanol–water partition coefficient (Wildman–Crippen LogP) is 1.00. The van der Waals surface area contributed by atoms with Gasteiger partial charge >= 0.3 is 6.09 Å². The van der Waals surface area contributed by atoms with Gasteiger partial charge in [-0.15, -0.1) is 11.6 Å². The molecule has 1 aliphatic rings. The van der Waals surface area contributed by atoms with Gasteiger partial charge in [0, 0.05) is 25.3 Å². The number of rotatable bonds is 13. The van der Waals surface area contributed by atoms with E-state index in [0.717, 1.165) is 24.1 Å². The highest BCUT2D eigenvalue weighted by Crippen LogP contribution is 2.30. The average Bonchev–Trinajstić information content (AvgIpc) is 2.77. The van der Waals surface area contributed by atoms with Crippen LogP contribution < -0.4 is 20.3 Å². The molecule has 3 amide bonds. The van der Waals surface area contributed by atoms with Crippen LogP contribution in [0.25, 0.3) is 0 Å². The van der Waals surface area contributed by atoms with E-state index in [1.807, 2.05) is 12.1 Å². The summed E-state index contributed by atoms with van der Waals surface area (Å²) in [6.45, 7) is 2.36. The summed E-state index contributed by atoms with van der Waals surface area (Å²) in [5, 5.41) is 13.3. The number of nitrogens with zero attached hydrogens (tertiary/aromatic N) is 1. The highest BCUT2D eigenvalue weighted by Gasteiger charge is 2.22. The normalized spacial score (nSPS) is 12.7. The number of hydrogen-bond acceptors (Lipinski definition) is 6. The fourth-order valence-corrected chi connectivity index (χ4v) is 3.15. The second-order valence-corrected chi connectivity index (χ2v) is 6.94. The maximum Gasteiger partial charge on any atom is 0.404 e. The number of nitrogens with one attached hydrogen (secondary N) is 2. The monoisotopic (exact) mass is 457 g/mol. The van der Waals surface area contributed by atoms with E-state index in [1.165, 1.54) is 0 Å². The molecule has 1 aromatic rings. The smallest absolute Gasteiger partial charge is 0.404 e. The van der Waals surface area contributed by atoms with Crippen molar-refractivity contribution in [2.75, 3.05) is 63.4 Å². The summed E-state index contributed by atoms with van der Waals surface area (Å²) >= 11 is 5.68. The third kappa shape index (κ3) is 8.99. The van der Waals surface area contributed by atoms with E-state index in [2.05, 4.69) is 10.6 Å². The molecule has 1 aromatic carbocycles. The van der Waals surface area contributed by atoms with E-state index in [-0.39, 0.29) is 37.5 Å². The molecule has 0 saturated carbocycles. The van der Waals surface area contributed by atoms with Gasteiger partial charge in [0.25, 0.3) is 5.91 Å². The molecule has 172 valence electrons. The SMILES string of the molecule is O=C(O)NCCOCCOCCNC(=O)COc1ccc2c(c1)CCCN2C(=O)CCl. The number of halogens is 1. The van der Waals surface area contributed by atoms with E-state index in [0.29, 0.717) is 38.7 Å². The number of aryl methyl sites for hydroxylation is 1. The van der Waals surface area contributed by atoms with Crippen LogP contribution in [0.15, 0.2) is 18.2 Å². The van der Waals surface area contributed by atoms with Crippen LogP contribution in [0.2, 0.25) is 0 Å². The lowest BCUT2D eigenvalue weighted by Crippen LogP contribution is -2.36. The number of carbonyl (C=O) groups is 3. The molecule has 0 fully saturated rings. The van der Waals surface area contributed by atoms with Gasteiger partial charge in [0.05, 0.1) is 26.4 Å². The largest absolute Gasteiger partial charge is 0.484 e. The second-order valence-electron chi connectivity index (χ2n) is 6.67. The van der Waals surface area contributed by atoms with Crippen LogP contribution in [0.1, 0.15) is 12.0 Å². The Morgan fingerprint density at radius 3 is 2.45 bits per heavy atom. The number of ether oxygens (including phenoxy) is 3. The van der Waals surface area contributed by atoms with E-state index >= 15 is 0 Å². The van der Waals surface area contributed by atoms with E-state index in [4.69, 9.17) is 30.9 Å². The lowest BCUT2D eigenvalue weighted by atomic mass is 10.0. The molecule has 0 unspecified atom stereocenters. The third-order valence-corrected chi connectivity index (χ3v) is 4.65. The highest BCUT2D eigenvalue weighted by atomic mass is 35.5. The summed E-state index contributed by atoms with van der Waals surface area (Å²) in [6.07, 6.45) is 0.600. The molecule has 0 bridgehead atoms. The molecule has 0 saturated heterocycles. The van der Waals surface area contributed by atoms with Crippen molar-refractivity contribution in [1.82, 2.24) is 10.6 Å². The number of carbonyl (C=O) groups excluding carboxylic acids is 2. The third-order valence-electron chi connectivity index (χ3n) is 4.42. The van der Waals surface area contributed by atoms with Crippen molar-refractivity contribution < 1.29 is 33.7 Å². The van der Waals surface area contributed by atoms with E-state index in [1.54, 1.807) is 11.0 Å². The van der Waals surface area contributed by atoms with Crippen molar-refractivity contribution in [3.05, 3.63) is 23.8 Å². The Bertz CT molecular complexity index is 747. The zero-order valence-corrected chi connectivity index (χ0v) is 18.0. The van der Waals surface area contributed by atoms with Gasteiger partial charge in [-0.3, -0.25) is 9.59 Å². The van der Waals surface area contributed by atoms with Gasteiger partial charge < -0.3 is 34.9 Å². The van der Waals surface area contributed by atoms with Gasteiger partial charge in [-0.25, -0.2) is 4.79 Å². The fourth-order valence-electron chi connectivity index (χ4n) is 3.01. The van der Waals surface area contributed by atoms with Crippen LogP contribution in [-0.4, -0.2) is 81.6 Å². The number of alkyl halides is 1. The van der Waals surface area contributed by atoms with Crippen molar-refractivity contribution >= 4 is 35.2 Å². The highest BCUT2D eigenvalue weighted by molar-refractivity contribution is 6.29. The minimum absolute atomic E-state index is 0.0567. The summed E-state index contributed by atoms with van der Waals surface area (Å²) in [5.74, 6) is 0.120. The molecule has 0 aromatic heterocycles. The molecule has 1 heterocycles. The van der Waals surface area contributed by atoms with E-state index < -0.39 is 6.09 Å². The Kier molecular flexibility index (Phi) is 10.9. The van der Waals surface area contributed by atoms with Gasteiger partial charge in [0.2, 0.25) is 5.91 Å². The molecule has 0 radical (unpaired) electrons. The Hall–Kier alpha value is -2.56. The van der Waals surface area contributed by atoms with E-state index in [9.17, 15) is 14.4 Å². The maximum atomic E-state index is 11.9. The van der Waals surface area contributed by atoms with Gasteiger partial charge in [-0.1, -0.05) is 0 Å². The standard InChI is InChI=1S/C20H28ClN3O7/c21-13-19(26)24-7-1-2-15-12-16(3-4-17(15)24)31-14-18(25)22-5-8-29-10-11-30-9-6-23-20(27)28/h3-4,12,23H,1-2,5-11,13-14H2,(H,22,25)(H,27,28). The summed E-state index contributed by atoms with van der Waals surface area (Å²) < 4.78 is 16.1. The van der Waals surface area contributed by atoms with Crippen molar-refractivity contribution in [1.29, 1.82) is 0 Å². The summed E-state index contributed by atoms with van der Waals surface area (Å²) in [4.78, 5) is 35.8. The molecule has 2 rings (SSSR count). The molecule has 1 aliphatic heterocycles. The number of benzene rings is 1. The number of carboxylic acid groups (broad SMARTS) is 1. The Morgan fingerprint density at radius 1 is 1.06 bits per heavy atom. The maximum absolute atomic E-state index is 11.9. The molecule has 0 atom stereocenters. The zero-order chi connectivity index (χ0) is 22.5. The van der Waals surface area contributed by atoms with Crippen molar-refractivity contribution in [2.24, 2.45) is 0 Å². The minimum Gasteiger partial charge on any atom is -0.484 e. The van der Waals surface area contributed by atoms with Gasteiger partial charge in [-0.2, -0.15) is 0 Å². The second kappa shape index (κ2) is 13.7. The Labute approximate surface area is 185 Å². The first-order valence-electron chi connectivity index (χ1n) is 10.0. The molecular formula is C20H28ClN3O7. The molecular weight excluding hydrogens is 430 g/mol. The molecule has 10 nitrogen and oxygen atoms in total. The van der Waals surface area contributed by atoms with Crippen molar-refractivity contribution in [3.63, 3.8) is 0 Å². The zero-order valence-electron chi connectivity index (χ0n) is 17.2. The molecule has 31 heavy (non-hydrogen) atoms. The van der Waals surface area contributed by atoms with Crippen LogP contribution >= 0.6 is 11.6 Å². The molecule has 11 heteroatoms. The van der Waals surface area contributed by atoms with Crippen LogP contribution in [0.4, 0.5) is 10.5 Å². The first-order chi connectivity index (χ1) is 15.0. The van der Waals surface area contributed by atoms with Crippen molar-refractivity contribution in [2.45, 2.75) is 12.8 Å². The lowest BCUT2D eigenvalue weighted by molar-refractivity contribution is -0.123. The summed E-state index contributed by atoms with van der Waals surface area (Å²) in [5.41, 5.74) is 1.84. The number of hydrogen-bond donors (Lipinski definition) is 3. The van der Waals surface area contributed by atoms with Crippen LogP contribution in [0, 0.1) is 0 Å². The van der Waals surface area contributed by atoms with Gasteiger partial charge in [0.15, 0.2) is 6.61 Å².